The lowest BCUT2D eigenvalue weighted by molar-refractivity contribution is -0.145. The molecule has 31 heavy (non-hydrogen) atoms. The number of hydrogen-bond acceptors (Lipinski definition) is 8. The standard InChI is InChI=1S/C7H11NO3.C5H6N2O.C5H7NO3.C2H6O/c1-3-11-7(10)4-6(9)5-8-2;1-7-4-5(8)2-3-6;1-6-3-4(7)2-5(8)9;1-2-3/h6,9H,3-5H2,1H3;5,8H,2,4H2;4,7H,2-3H2,(H,8,9);3H,2H2,1H3/t6-;;4-;/m0.0./s1. The Labute approximate surface area is 182 Å². The van der Waals surface area contributed by atoms with E-state index in [0.717, 1.165) is 0 Å². The van der Waals surface area contributed by atoms with Crippen molar-refractivity contribution in [1.29, 1.82) is 5.26 Å². The summed E-state index contributed by atoms with van der Waals surface area (Å²) in [5, 5.41) is 49.7. The van der Waals surface area contributed by atoms with Crippen LogP contribution < -0.4 is 0 Å². The molecule has 0 amide bonds. The first kappa shape index (κ1) is 35.2. The van der Waals surface area contributed by atoms with Crippen molar-refractivity contribution in [3.8, 4) is 6.07 Å². The number of hydrogen-bond donors (Lipinski definition) is 5. The Hall–Kier alpha value is -3.26. The lowest BCUT2D eigenvalue weighted by atomic mass is 10.2. The molecular formula is C19H30N4O8. The fourth-order valence-corrected chi connectivity index (χ4v) is 1.23. The van der Waals surface area contributed by atoms with E-state index in [1.54, 1.807) is 19.9 Å². The van der Waals surface area contributed by atoms with Gasteiger partial charge in [-0.1, -0.05) is 0 Å². The molecule has 0 aliphatic rings. The third-order valence-corrected chi connectivity index (χ3v) is 2.35. The van der Waals surface area contributed by atoms with Crippen molar-refractivity contribution >= 4 is 11.9 Å². The van der Waals surface area contributed by atoms with Crippen molar-refractivity contribution in [3.63, 3.8) is 0 Å². The molecule has 0 aromatic rings. The lowest BCUT2D eigenvalue weighted by Gasteiger charge is -2.02. The van der Waals surface area contributed by atoms with Gasteiger partial charge in [0.1, 0.15) is 18.3 Å². The molecule has 0 bridgehead atoms. The maximum atomic E-state index is 10.6. The van der Waals surface area contributed by atoms with Crippen molar-refractivity contribution in [1.82, 2.24) is 0 Å². The lowest BCUT2D eigenvalue weighted by Crippen LogP contribution is -2.17. The second-order valence-electron chi connectivity index (χ2n) is 5.27. The highest BCUT2D eigenvalue weighted by molar-refractivity contribution is 5.69. The number of rotatable bonds is 9. The smallest absolute Gasteiger partial charge is 0.308 e. The molecule has 12 heteroatoms. The molecule has 12 nitrogen and oxygen atoms in total. The maximum absolute atomic E-state index is 10.6. The van der Waals surface area contributed by atoms with Crippen LogP contribution in [0.3, 0.4) is 0 Å². The van der Waals surface area contributed by atoms with Crippen LogP contribution in [0, 0.1) is 31.0 Å². The van der Waals surface area contributed by atoms with E-state index >= 15 is 0 Å². The third kappa shape index (κ3) is 42.0. The zero-order valence-corrected chi connectivity index (χ0v) is 17.6. The van der Waals surface area contributed by atoms with E-state index in [4.69, 9.17) is 50.5 Å². The highest BCUT2D eigenvalue weighted by atomic mass is 16.5. The zero-order valence-electron chi connectivity index (χ0n) is 17.6. The summed E-state index contributed by atoms with van der Waals surface area (Å²) in [5.74, 6) is -1.53. The minimum Gasteiger partial charge on any atom is -0.481 e. The predicted molar refractivity (Wildman–Crippen MR) is 109 cm³/mol. The molecule has 0 fully saturated rings. The van der Waals surface area contributed by atoms with Gasteiger partial charge in [-0.3, -0.25) is 9.59 Å². The number of carbonyl (C=O) groups excluding carboxylic acids is 1. The van der Waals surface area contributed by atoms with Crippen molar-refractivity contribution < 1.29 is 39.9 Å². The van der Waals surface area contributed by atoms with Gasteiger partial charge in [0.05, 0.1) is 31.9 Å². The van der Waals surface area contributed by atoms with Gasteiger partial charge in [-0.2, -0.15) is 5.26 Å². The van der Waals surface area contributed by atoms with Crippen LogP contribution in [0.1, 0.15) is 33.1 Å². The molecule has 0 aliphatic carbocycles. The van der Waals surface area contributed by atoms with Crippen LogP contribution in [0.2, 0.25) is 0 Å². The molecule has 0 spiro atoms. The quantitative estimate of drug-likeness (QED) is 0.245. The van der Waals surface area contributed by atoms with Crippen molar-refractivity contribution in [2.24, 2.45) is 0 Å². The Morgan fingerprint density at radius 2 is 1.32 bits per heavy atom. The van der Waals surface area contributed by atoms with Crippen LogP contribution in [0.15, 0.2) is 0 Å². The van der Waals surface area contributed by atoms with E-state index in [2.05, 4.69) is 19.3 Å². The summed E-state index contributed by atoms with van der Waals surface area (Å²) in [6, 6.07) is 1.76. The first-order valence-electron chi connectivity index (χ1n) is 8.98. The highest BCUT2D eigenvalue weighted by Gasteiger charge is 2.13. The van der Waals surface area contributed by atoms with Gasteiger partial charge in [0.25, 0.3) is 0 Å². The number of carboxylic acids is 1. The number of nitriles is 1. The van der Waals surface area contributed by atoms with Crippen LogP contribution >= 0.6 is 0 Å². The number of carboxylic acid groups (broad SMARTS) is 1. The fourth-order valence-electron chi connectivity index (χ4n) is 1.23. The van der Waals surface area contributed by atoms with Crippen molar-refractivity contribution in [2.45, 2.75) is 51.4 Å². The fraction of sp³-hybridized carbons (Fsp3) is 0.684. The Morgan fingerprint density at radius 3 is 1.65 bits per heavy atom. The summed E-state index contributed by atoms with van der Waals surface area (Å²) < 4.78 is 4.56. The molecule has 1 unspecified atom stereocenters. The van der Waals surface area contributed by atoms with Crippen LogP contribution in [0.5, 0.6) is 0 Å². The van der Waals surface area contributed by atoms with Gasteiger partial charge in [-0.05, 0) is 13.8 Å². The molecule has 0 aromatic heterocycles. The number of carbonyl (C=O) groups is 2. The largest absolute Gasteiger partial charge is 0.481 e. The second-order valence-corrected chi connectivity index (χ2v) is 5.27. The molecule has 0 rings (SSSR count). The van der Waals surface area contributed by atoms with Gasteiger partial charge < -0.3 is 44.8 Å². The van der Waals surface area contributed by atoms with Gasteiger partial charge in [0, 0.05) is 6.61 Å². The Bertz CT molecular complexity index is 600. The molecular weight excluding hydrogens is 412 g/mol. The first-order valence-corrected chi connectivity index (χ1v) is 8.98. The number of esters is 1. The van der Waals surface area contributed by atoms with Gasteiger partial charge in [0.15, 0.2) is 0 Å². The molecule has 0 saturated carbocycles. The Kier molecular flexibility index (Phi) is 32.9. The molecule has 3 atom stereocenters. The summed E-state index contributed by atoms with van der Waals surface area (Å²) in [6.45, 7) is 22.7. The van der Waals surface area contributed by atoms with Crippen molar-refractivity contribution in [2.75, 3.05) is 32.8 Å². The maximum Gasteiger partial charge on any atom is 0.308 e. The molecule has 174 valence electrons. The summed E-state index contributed by atoms with van der Waals surface area (Å²) in [7, 11) is 0. The van der Waals surface area contributed by atoms with E-state index in [1.165, 1.54) is 0 Å². The van der Waals surface area contributed by atoms with E-state index in [1.807, 2.05) is 0 Å². The normalized spacial score (nSPS) is 11.2. The van der Waals surface area contributed by atoms with Crippen LogP contribution in [0.25, 0.3) is 14.5 Å². The van der Waals surface area contributed by atoms with Gasteiger partial charge in [-0.25, -0.2) is 19.7 Å². The monoisotopic (exact) mass is 442 g/mol. The average molecular weight is 442 g/mol. The third-order valence-electron chi connectivity index (χ3n) is 2.35. The van der Waals surface area contributed by atoms with Crippen LogP contribution in [-0.4, -0.2) is 88.6 Å². The summed E-state index contributed by atoms with van der Waals surface area (Å²) in [5.41, 5.74) is 0. The molecule has 0 aliphatic heterocycles. The van der Waals surface area contributed by atoms with E-state index in [0.29, 0.717) is 6.61 Å². The molecule has 0 heterocycles. The summed E-state index contributed by atoms with van der Waals surface area (Å²) in [4.78, 5) is 29.1. The topological polar surface area (TPSA) is 181 Å². The van der Waals surface area contributed by atoms with Gasteiger partial charge in [-0.15, -0.1) is 0 Å². The van der Waals surface area contributed by atoms with E-state index in [-0.39, 0.29) is 45.5 Å². The average Bonchev–Trinajstić information content (AvgIpc) is 2.64. The van der Waals surface area contributed by atoms with Crippen molar-refractivity contribution in [3.05, 3.63) is 34.3 Å². The Balaban J connectivity index is -0.000000167. The second kappa shape index (κ2) is 28.9. The van der Waals surface area contributed by atoms with Gasteiger partial charge in [0.2, 0.25) is 19.6 Å². The van der Waals surface area contributed by atoms with E-state index < -0.39 is 30.3 Å². The van der Waals surface area contributed by atoms with Crippen LogP contribution in [0.4, 0.5) is 0 Å². The SMILES string of the molecule is CCO.[C-]#[N+]CC(O)CC#N.[C-]#[N+]C[C@@H](O)CC(=O)O.[C-]#[N+]C[C@@H](O)CC(=O)OCC. The van der Waals surface area contributed by atoms with Crippen LogP contribution in [-0.2, 0) is 14.3 Å². The molecule has 0 radical (unpaired) electrons. The predicted octanol–water partition coefficient (Wildman–Crippen LogP) is 0.140. The molecule has 0 aromatic carbocycles. The Morgan fingerprint density at radius 1 is 0.935 bits per heavy atom. The van der Waals surface area contributed by atoms with E-state index in [9.17, 15) is 9.59 Å². The highest BCUT2D eigenvalue weighted by Crippen LogP contribution is 1.95. The number of ether oxygens (including phenoxy) is 1. The molecule has 5 N–H and O–H groups in total. The summed E-state index contributed by atoms with van der Waals surface area (Å²) >= 11 is 0. The minimum atomic E-state index is -1.08. The first-order chi connectivity index (χ1) is 14.6. The number of aliphatic hydroxyl groups excluding tert-OH is 4. The number of aliphatic carboxylic acids is 1. The van der Waals surface area contributed by atoms with Gasteiger partial charge >= 0.3 is 11.9 Å². The molecule has 0 saturated heterocycles. The zero-order chi connectivity index (χ0) is 25.1. The number of aliphatic hydroxyl groups is 4. The number of nitrogens with zero attached hydrogens (tertiary/aromatic N) is 4. The summed E-state index contributed by atoms with van der Waals surface area (Å²) in [6.07, 6.45) is -3.02. The minimum absolute atomic E-state index is 0.0353.